The molecule has 0 spiro atoms. The number of hydrazine groups is 1. The highest BCUT2D eigenvalue weighted by Crippen LogP contribution is 2.33. The lowest BCUT2D eigenvalue weighted by Gasteiger charge is -2.15. The Morgan fingerprint density at radius 2 is 2.18 bits per heavy atom. The molecule has 2 unspecified atom stereocenters. The summed E-state index contributed by atoms with van der Waals surface area (Å²) >= 11 is 5.81. The molecule has 0 bridgehead atoms. The van der Waals surface area contributed by atoms with Crippen molar-refractivity contribution in [3.63, 3.8) is 0 Å². The molecule has 17 heavy (non-hydrogen) atoms. The normalized spacial score (nSPS) is 25.2. The Balaban J connectivity index is 2.32. The Hall–Kier alpha value is -0.890. The number of nitrogens with zero attached hydrogens (tertiary/aromatic N) is 1. The van der Waals surface area contributed by atoms with Gasteiger partial charge in [0.15, 0.2) is 0 Å². The van der Waals surface area contributed by atoms with Gasteiger partial charge in [-0.1, -0.05) is 11.6 Å². The fourth-order valence-corrected chi connectivity index (χ4v) is 1.96. The van der Waals surface area contributed by atoms with Crippen molar-refractivity contribution in [1.82, 2.24) is 15.8 Å². The van der Waals surface area contributed by atoms with Gasteiger partial charge in [-0.3, -0.25) is 10.4 Å². The Morgan fingerprint density at radius 1 is 1.47 bits per heavy atom. The average molecular weight is 267 g/mol. The average Bonchev–Trinajstić information content (AvgIpc) is 2.63. The van der Waals surface area contributed by atoms with E-state index in [0.717, 1.165) is 12.3 Å². The predicted octanol–water partition coefficient (Wildman–Crippen LogP) is 1.23. The summed E-state index contributed by atoms with van der Waals surface area (Å²) < 4.78 is 37.2. The molecule has 0 aliphatic carbocycles. The summed E-state index contributed by atoms with van der Waals surface area (Å²) in [5.41, 5.74) is 10.8. The third kappa shape index (κ3) is 2.52. The predicted molar refractivity (Wildman–Crippen MR) is 56.1 cm³/mol. The van der Waals surface area contributed by atoms with Crippen molar-refractivity contribution in [2.75, 3.05) is 6.54 Å². The van der Waals surface area contributed by atoms with Crippen molar-refractivity contribution in [2.45, 2.75) is 18.3 Å². The fraction of sp³-hybridized carbons (Fsp3) is 0.444. The van der Waals surface area contributed by atoms with E-state index >= 15 is 0 Å². The van der Waals surface area contributed by atoms with Crippen LogP contribution in [0.25, 0.3) is 0 Å². The second-order valence-corrected chi connectivity index (χ2v) is 4.15. The minimum atomic E-state index is -4.44. The van der Waals surface area contributed by atoms with Crippen LogP contribution < -0.4 is 16.6 Å². The van der Waals surface area contributed by atoms with Crippen molar-refractivity contribution >= 4 is 11.6 Å². The van der Waals surface area contributed by atoms with Crippen LogP contribution in [0.5, 0.6) is 0 Å². The first-order valence-corrected chi connectivity index (χ1v) is 5.24. The van der Waals surface area contributed by atoms with Gasteiger partial charge in [-0.15, -0.1) is 0 Å². The lowest BCUT2D eigenvalue weighted by molar-refractivity contribution is -0.137. The van der Waals surface area contributed by atoms with Gasteiger partial charge in [-0.05, 0) is 6.07 Å². The van der Waals surface area contributed by atoms with E-state index in [-0.39, 0.29) is 10.9 Å². The highest BCUT2D eigenvalue weighted by molar-refractivity contribution is 6.31. The first-order chi connectivity index (χ1) is 7.89. The topological polar surface area (TPSA) is 63.0 Å². The monoisotopic (exact) mass is 266 g/mol. The molecule has 4 N–H and O–H groups in total. The van der Waals surface area contributed by atoms with Crippen LogP contribution in [0, 0.1) is 0 Å². The smallest absolute Gasteiger partial charge is 0.314 e. The second-order valence-electron chi connectivity index (χ2n) is 3.75. The number of pyridine rings is 1. The number of alkyl halides is 3. The highest BCUT2D eigenvalue weighted by atomic mass is 35.5. The van der Waals surface area contributed by atoms with Crippen LogP contribution in [0.15, 0.2) is 12.3 Å². The van der Waals surface area contributed by atoms with Gasteiger partial charge in [0.05, 0.1) is 22.4 Å². The molecule has 0 aromatic carbocycles. The van der Waals surface area contributed by atoms with Crippen LogP contribution in [-0.4, -0.2) is 17.7 Å². The lowest BCUT2D eigenvalue weighted by Crippen LogP contribution is -2.38. The maximum Gasteiger partial charge on any atom is 0.417 e. The molecular formula is C9H10ClF3N4. The Kier molecular flexibility index (Phi) is 3.26. The third-order valence-electron chi connectivity index (χ3n) is 2.57. The minimum absolute atomic E-state index is 0.0224. The largest absolute Gasteiger partial charge is 0.417 e. The van der Waals surface area contributed by atoms with Crippen LogP contribution in [0.1, 0.15) is 17.2 Å². The number of hydrogen-bond acceptors (Lipinski definition) is 4. The van der Waals surface area contributed by atoms with Crippen molar-refractivity contribution in [3.05, 3.63) is 28.5 Å². The number of rotatable bonds is 1. The zero-order valence-corrected chi connectivity index (χ0v) is 9.31. The van der Waals surface area contributed by atoms with E-state index in [2.05, 4.69) is 15.8 Å². The molecule has 4 nitrogen and oxygen atoms in total. The van der Waals surface area contributed by atoms with Crippen LogP contribution in [0.2, 0.25) is 5.02 Å². The number of hydrogen-bond donors (Lipinski definition) is 3. The molecule has 94 valence electrons. The summed E-state index contributed by atoms with van der Waals surface area (Å²) in [6.45, 7) is 0.471. The van der Waals surface area contributed by atoms with E-state index in [0.29, 0.717) is 12.2 Å². The van der Waals surface area contributed by atoms with Crippen LogP contribution in [0.3, 0.4) is 0 Å². The van der Waals surface area contributed by atoms with Crippen molar-refractivity contribution < 1.29 is 13.2 Å². The number of nitrogens with one attached hydrogen (secondary N) is 2. The SMILES string of the molecule is NC1NNCC1c1ncc(C(F)(F)F)cc1Cl. The molecule has 2 heterocycles. The van der Waals surface area contributed by atoms with Gasteiger partial charge in [0.1, 0.15) is 0 Å². The molecule has 2 atom stereocenters. The summed E-state index contributed by atoms with van der Waals surface area (Å²) in [5, 5.41) is -0.0224. The summed E-state index contributed by atoms with van der Waals surface area (Å²) in [6.07, 6.45) is -4.09. The first-order valence-electron chi connectivity index (χ1n) is 4.86. The van der Waals surface area contributed by atoms with E-state index in [1.54, 1.807) is 0 Å². The Bertz CT molecular complexity index is 423. The van der Waals surface area contributed by atoms with Crippen LogP contribution in [-0.2, 0) is 6.18 Å². The van der Waals surface area contributed by atoms with Gasteiger partial charge < -0.3 is 5.73 Å². The molecule has 0 saturated carbocycles. The summed E-state index contributed by atoms with van der Waals surface area (Å²) in [4.78, 5) is 3.77. The maximum absolute atomic E-state index is 12.4. The van der Waals surface area contributed by atoms with E-state index in [1.807, 2.05) is 0 Å². The van der Waals surface area contributed by atoms with Gasteiger partial charge in [-0.2, -0.15) is 13.2 Å². The number of aromatic nitrogens is 1. The molecule has 1 aromatic heterocycles. The number of halogens is 4. The van der Waals surface area contributed by atoms with Crippen molar-refractivity contribution in [2.24, 2.45) is 5.73 Å². The van der Waals surface area contributed by atoms with E-state index < -0.39 is 17.9 Å². The van der Waals surface area contributed by atoms with Crippen molar-refractivity contribution in [3.8, 4) is 0 Å². The molecule has 1 aliphatic rings. The second kappa shape index (κ2) is 4.41. The Labute approximate surface area is 100 Å². The third-order valence-corrected chi connectivity index (χ3v) is 2.88. The lowest BCUT2D eigenvalue weighted by atomic mass is 10.0. The summed E-state index contributed by atoms with van der Waals surface area (Å²) in [6, 6.07) is 0.870. The van der Waals surface area contributed by atoms with E-state index in [1.165, 1.54) is 0 Å². The van der Waals surface area contributed by atoms with Gasteiger partial charge >= 0.3 is 6.18 Å². The summed E-state index contributed by atoms with van der Waals surface area (Å²) in [7, 11) is 0. The van der Waals surface area contributed by atoms with Crippen LogP contribution in [0.4, 0.5) is 13.2 Å². The maximum atomic E-state index is 12.4. The standard InChI is InChI=1S/C9H10ClF3N4/c10-6-1-4(9(11,12)13)2-15-7(6)5-3-16-17-8(5)14/h1-2,5,8,16-17H,3,14H2. The highest BCUT2D eigenvalue weighted by Gasteiger charge is 2.33. The van der Waals surface area contributed by atoms with Gasteiger partial charge in [0.25, 0.3) is 0 Å². The first kappa shape index (κ1) is 12.6. The zero-order chi connectivity index (χ0) is 12.6. The number of nitrogens with two attached hydrogens (primary N) is 1. The molecule has 1 aromatic rings. The van der Waals surface area contributed by atoms with Gasteiger partial charge in [0, 0.05) is 18.7 Å². The summed E-state index contributed by atoms with van der Waals surface area (Å²) in [5.74, 6) is -0.246. The van der Waals surface area contributed by atoms with Gasteiger partial charge in [-0.25, -0.2) is 5.43 Å². The molecule has 0 radical (unpaired) electrons. The Morgan fingerprint density at radius 3 is 2.65 bits per heavy atom. The quantitative estimate of drug-likeness (QED) is 0.715. The van der Waals surface area contributed by atoms with Crippen LogP contribution >= 0.6 is 11.6 Å². The molecule has 1 saturated heterocycles. The molecule has 8 heteroatoms. The molecular weight excluding hydrogens is 257 g/mol. The van der Waals surface area contributed by atoms with E-state index in [4.69, 9.17) is 17.3 Å². The fourth-order valence-electron chi connectivity index (χ4n) is 1.66. The molecule has 0 amide bonds. The molecule has 2 rings (SSSR count). The molecule has 1 aliphatic heterocycles. The minimum Gasteiger partial charge on any atom is -0.314 e. The van der Waals surface area contributed by atoms with Gasteiger partial charge in [0.2, 0.25) is 0 Å². The molecule has 1 fully saturated rings. The van der Waals surface area contributed by atoms with E-state index in [9.17, 15) is 13.2 Å². The van der Waals surface area contributed by atoms with Crippen molar-refractivity contribution in [1.29, 1.82) is 0 Å². The zero-order valence-electron chi connectivity index (χ0n) is 8.55.